The van der Waals surface area contributed by atoms with Crippen molar-refractivity contribution in [2.75, 3.05) is 0 Å². The maximum absolute atomic E-state index is 12.9. The average Bonchev–Trinajstić information content (AvgIpc) is 2.58. The van der Waals surface area contributed by atoms with Gasteiger partial charge in [-0.05, 0) is 60.6 Å². The monoisotopic (exact) mass is 298 g/mol. The summed E-state index contributed by atoms with van der Waals surface area (Å²) < 4.78 is 12.9. The van der Waals surface area contributed by atoms with Gasteiger partial charge in [0.1, 0.15) is 5.82 Å². The smallest absolute Gasteiger partial charge is 0.123 e. The van der Waals surface area contributed by atoms with Crippen LogP contribution in [0.15, 0.2) is 54.5 Å². The molecule has 114 valence electrons. The highest BCUT2D eigenvalue weighted by atomic mass is 19.1. The summed E-state index contributed by atoms with van der Waals surface area (Å²) >= 11 is 0. The van der Waals surface area contributed by atoms with E-state index in [0.29, 0.717) is 6.61 Å². The summed E-state index contributed by atoms with van der Waals surface area (Å²) in [6, 6.07) is 10.4. The van der Waals surface area contributed by atoms with Crippen molar-refractivity contribution in [3.8, 4) is 0 Å². The SMILES string of the molecule is Fc1ccc(CONC2=C(c3cccnc3)CCCC2)cc1. The molecule has 0 bridgehead atoms. The third-order valence-electron chi connectivity index (χ3n) is 3.83. The maximum atomic E-state index is 12.9. The lowest BCUT2D eigenvalue weighted by Crippen LogP contribution is -2.18. The zero-order chi connectivity index (χ0) is 15.2. The molecule has 0 spiro atoms. The summed E-state index contributed by atoms with van der Waals surface area (Å²) in [4.78, 5) is 9.79. The highest BCUT2D eigenvalue weighted by Gasteiger charge is 2.14. The van der Waals surface area contributed by atoms with E-state index in [9.17, 15) is 4.39 Å². The lowest BCUT2D eigenvalue weighted by Gasteiger charge is -2.21. The Hall–Kier alpha value is -2.20. The first-order chi connectivity index (χ1) is 10.8. The van der Waals surface area contributed by atoms with Crippen molar-refractivity contribution in [2.24, 2.45) is 0 Å². The molecule has 0 saturated heterocycles. The van der Waals surface area contributed by atoms with Crippen LogP contribution in [0.4, 0.5) is 4.39 Å². The molecule has 1 aliphatic carbocycles. The van der Waals surface area contributed by atoms with Crippen LogP contribution >= 0.6 is 0 Å². The molecule has 1 N–H and O–H groups in total. The van der Waals surface area contributed by atoms with E-state index in [1.54, 1.807) is 18.3 Å². The topological polar surface area (TPSA) is 34.1 Å². The van der Waals surface area contributed by atoms with Crippen LogP contribution in [-0.4, -0.2) is 4.98 Å². The summed E-state index contributed by atoms with van der Waals surface area (Å²) in [6.45, 7) is 0.407. The van der Waals surface area contributed by atoms with E-state index in [1.165, 1.54) is 24.1 Å². The van der Waals surface area contributed by atoms with E-state index in [-0.39, 0.29) is 5.82 Å². The standard InChI is InChI=1S/C18H19FN2O/c19-16-9-7-14(8-10-16)13-22-21-18-6-2-1-5-17(18)15-4-3-11-20-12-15/h3-4,7-12,21H,1-2,5-6,13H2. The predicted molar refractivity (Wildman–Crippen MR) is 83.9 cm³/mol. The van der Waals surface area contributed by atoms with E-state index in [1.807, 2.05) is 12.3 Å². The van der Waals surface area contributed by atoms with Crippen LogP contribution in [0, 0.1) is 5.82 Å². The fourth-order valence-corrected chi connectivity index (χ4v) is 2.66. The van der Waals surface area contributed by atoms with Gasteiger partial charge < -0.3 is 0 Å². The van der Waals surface area contributed by atoms with Crippen molar-refractivity contribution in [2.45, 2.75) is 32.3 Å². The molecule has 0 saturated carbocycles. The number of nitrogens with one attached hydrogen (secondary N) is 1. The number of nitrogens with zero attached hydrogens (tertiary/aromatic N) is 1. The molecular formula is C18H19FN2O. The van der Waals surface area contributed by atoms with Gasteiger partial charge >= 0.3 is 0 Å². The second-order valence-electron chi connectivity index (χ2n) is 5.42. The van der Waals surface area contributed by atoms with Crippen LogP contribution in [0.2, 0.25) is 0 Å². The van der Waals surface area contributed by atoms with Crippen molar-refractivity contribution < 1.29 is 9.23 Å². The Bertz CT molecular complexity index is 638. The highest BCUT2D eigenvalue weighted by Crippen LogP contribution is 2.30. The Labute approximate surface area is 129 Å². The molecule has 0 unspecified atom stereocenters. The van der Waals surface area contributed by atoms with Crippen molar-refractivity contribution in [1.29, 1.82) is 0 Å². The summed E-state index contributed by atoms with van der Waals surface area (Å²) in [5.41, 5.74) is 7.58. The molecule has 0 radical (unpaired) electrons. The van der Waals surface area contributed by atoms with Crippen molar-refractivity contribution in [1.82, 2.24) is 10.5 Å². The summed E-state index contributed by atoms with van der Waals surface area (Å²) in [5, 5.41) is 0. The molecule has 1 aromatic carbocycles. The average molecular weight is 298 g/mol. The van der Waals surface area contributed by atoms with Gasteiger partial charge in [0.05, 0.1) is 6.61 Å². The van der Waals surface area contributed by atoms with Gasteiger partial charge in [-0.3, -0.25) is 15.3 Å². The first kappa shape index (κ1) is 14.7. The van der Waals surface area contributed by atoms with E-state index >= 15 is 0 Å². The first-order valence-electron chi connectivity index (χ1n) is 7.57. The van der Waals surface area contributed by atoms with Crippen molar-refractivity contribution in [3.63, 3.8) is 0 Å². The van der Waals surface area contributed by atoms with E-state index in [0.717, 1.165) is 36.1 Å². The second-order valence-corrected chi connectivity index (χ2v) is 5.42. The van der Waals surface area contributed by atoms with Crippen LogP contribution in [-0.2, 0) is 11.4 Å². The number of halogens is 1. The summed E-state index contributed by atoms with van der Waals surface area (Å²) in [6.07, 6.45) is 8.04. The molecule has 0 atom stereocenters. The number of rotatable bonds is 5. The van der Waals surface area contributed by atoms with Gasteiger partial charge in [-0.1, -0.05) is 18.2 Å². The Kier molecular flexibility index (Phi) is 4.81. The lowest BCUT2D eigenvalue weighted by molar-refractivity contribution is 0.0465. The summed E-state index contributed by atoms with van der Waals surface area (Å²) in [5.74, 6) is -0.231. The zero-order valence-electron chi connectivity index (χ0n) is 12.4. The third-order valence-corrected chi connectivity index (χ3v) is 3.83. The molecule has 1 aromatic heterocycles. The molecule has 3 rings (SSSR count). The van der Waals surface area contributed by atoms with Crippen LogP contribution in [0.3, 0.4) is 0 Å². The van der Waals surface area contributed by atoms with Crippen LogP contribution in [0.25, 0.3) is 5.57 Å². The molecule has 22 heavy (non-hydrogen) atoms. The number of allylic oxidation sites excluding steroid dienone is 2. The van der Waals surface area contributed by atoms with Crippen molar-refractivity contribution in [3.05, 3.63) is 71.4 Å². The van der Waals surface area contributed by atoms with E-state index in [4.69, 9.17) is 4.84 Å². The lowest BCUT2D eigenvalue weighted by atomic mass is 9.92. The molecule has 1 aliphatic rings. The minimum absolute atomic E-state index is 0.231. The van der Waals surface area contributed by atoms with Gasteiger partial charge in [0.2, 0.25) is 0 Å². The van der Waals surface area contributed by atoms with Gasteiger partial charge in [-0.2, -0.15) is 0 Å². The normalized spacial score (nSPS) is 15.0. The number of hydroxylamine groups is 1. The maximum Gasteiger partial charge on any atom is 0.123 e. The quantitative estimate of drug-likeness (QED) is 0.839. The Balaban J connectivity index is 1.66. The van der Waals surface area contributed by atoms with E-state index in [2.05, 4.69) is 16.5 Å². The van der Waals surface area contributed by atoms with Gasteiger partial charge in [-0.25, -0.2) is 4.39 Å². The molecule has 0 amide bonds. The minimum atomic E-state index is -0.231. The van der Waals surface area contributed by atoms with Gasteiger partial charge in [0.15, 0.2) is 0 Å². The molecule has 1 heterocycles. The number of hydrogen-bond acceptors (Lipinski definition) is 3. The Morgan fingerprint density at radius 3 is 2.68 bits per heavy atom. The van der Waals surface area contributed by atoms with Gasteiger partial charge in [0.25, 0.3) is 0 Å². The van der Waals surface area contributed by atoms with Crippen LogP contribution < -0.4 is 5.48 Å². The van der Waals surface area contributed by atoms with E-state index < -0.39 is 0 Å². The van der Waals surface area contributed by atoms with Crippen molar-refractivity contribution >= 4 is 5.57 Å². The fraction of sp³-hybridized carbons (Fsp3) is 0.278. The number of benzene rings is 1. The predicted octanol–water partition coefficient (Wildman–Crippen LogP) is 4.23. The number of pyridine rings is 1. The van der Waals surface area contributed by atoms with Gasteiger partial charge in [-0.15, -0.1) is 0 Å². The first-order valence-corrected chi connectivity index (χ1v) is 7.57. The molecular weight excluding hydrogens is 279 g/mol. The Morgan fingerprint density at radius 1 is 1.09 bits per heavy atom. The van der Waals surface area contributed by atoms with Crippen LogP contribution in [0.5, 0.6) is 0 Å². The molecule has 2 aromatic rings. The minimum Gasteiger partial charge on any atom is -0.272 e. The number of hydrogen-bond donors (Lipinski definition) is 1. The van der Waals surface area contributed by atoms with Crippen LogP contribution in [0.1, 0.15) is 36.8 Å². The largest absolute Gasteiger partial charge is 0.272 e. The summed E-state index contributed by atoms with van der Waals surface area (Å²) in [7, 11) is 0. The second kappa shape index (κ2) is 7.18. The molecule has 0 fully saturated rings. The highest BCUT2D eigenvalue weighted by molar-refractivity contribution is 5.68. The molecule has 0 aliphatic heterocycles. The number of aromatic nitrogens is 1. The zero-order valence-corrected chi connectivity index (χ0v) is 12.4. The third kappa shape index (κ3) is 3.71. The van der Waals surface area contributed by atoms with Gasteiger partial charge in [0, 0.05) is 18.1 Å². The fourth-order valence-electron chi connectivity index (χ4n) is 2.66. The Morgan fingerprint density at radius 2 is 1.91 bits per heavy atom. The molecule has 4 heteroatoms. The molecule has 3 nitrogen and oxygen atoms in total.